The van der Waals surface area contributed by atoms with Crippen molar-refractivity contribution >= 4 is 17.5 Å². The zero-order valence-electron chi connectivity index (χ0n) is 29.3. The minimum Gasteiger partial charge on any atom is -0.494 e. The van der Waals surface area contributed by atoms with Crippen molar-refractivity contribution < 1.29 is 19.7 Å². The van der Waals surface area contributed by atoms with Gasteiger partial charge in [0.2, 0.25) is 0 Å². The summed E-state index contributed by atoms with van der Waals surface area (Å²) in [5.74, 6) is 1.42. The summed E-state index contributed by atoms with van der Waals surface area (Å²) < 4.78 is 11.8. The number of hydrogen-bond donors (Lipinski definition) is 4. The number of rotatable bonds is 16. The van der Waals surface area contributed by atoms with Gasteiger partial charge in [0.25, 0.3) is 0 Å². The summed E-state index contributed by atoms with van der Waals surface area (Å²) in [7, 11) is 0. The van der Waals surface area contributed by atoms with Crippen LogP contribution in [0.1, 0.15) is 53.7 Å². The van der Waals surface area contributed by atoms with Crippen molar-refractivity contribution in [3.05, 3.63) is 174 Å². The van der Waals surface area contributed by atoms with Gasteiger partial charge in [-0.1, -0.05) is 121 Å². The minimum atomic E-state index is -1.08. The first kappa shape index (κ1) is 36.0. The molecule has 0 radical (unpaired) electrons. The first-order chi connectivity index (χ1) is 25.4. The van der Waals surface area contributed by atoms with Crippen LogP contribution in [0.3, 0.4) is 0 Å². The first-order valence-corrected chi connectivity index (χ1v) is 17.8. The summed E-state index contributed by atoms with van der Waals surface area (Å²) in [6, 6.07) is 47.1. The number of anilines is 2. The quantitative estimate of drug-likeness (QED) is 0.0595. The normalized spacial score (nSPS) is 12.4. The molecule has 2 unspecified atom stereocenters. The second-order valence-corrected chi connectivity index (χ2v) is 12.9. The zero-order valence-corrected chi connectivity index (χ0v) is 29.3. The highest BCUT2D eigenvalue weighted by atomic mass is 16.5. The fourth-order valence-electron chi connectivity index (χ4n) is 6.19. The molecule has 6 heteroatoms. The first-order valence-electron chi connectivity index (χ1n) is 17.8. The predicted octanol–water partition coefficient (Wildman–Crippen LogP) is 9.84. The number of aryl methyl sites for hydroxylation is 1. The van der Waals surface area contributed by atoms with Crippen LogP contribution in [0.2, 0.25) is 0 Å². The second kappa shape index (κ2) is 17.9. The van der Waals surface area contributed by atoms with Crippen molar-refractivity contribution in [3.8, 4) is 33.8 Å². The lowest BCUT2D eigenvalue weighted by molar-refractivity contribution is 0.0172. The molecule has 6 N–H and O–H groups in total. The fourth-order valence-corrected chi connectivity index (χ4v) is 6.19. The number of nitrogens with two attached hydrogens (primary N) is 2. The van der Waals surface area contributed by atoms with Crippen molar-refractivity contribution in [2.24, 2.45) is 0 Å². The molecule has 6 nitrogen and oxygen atoms in total. The Labute approximate surface area is 306 Å². The van der Waals surface area contributed by atoms with E-state index in [9.17, 15) is 10.2 Å². The summed E-state index contributed by atoms with van der Waals surface area (Å²) in [6.45, 7) is 1.09. The Morgan fingerprint density at radius 3 is 1.60 bits per heavy atom. The predicted molar refractivity (Wildman–Crippen MR) is 213 cm³/mol. The van der Waals surface area contributed by atoms with Gasteiger partial charge < -0.3 is 31.2 Å². The van der Waals surface area contributed by atoms with Gasteiger partial charge in [0, 0.05) is 22.5 Å². The van der Waals surface area contributed by atoms with Gasteiger partial charge in [-0.15, -0.1) is 0 Å². The van der Waals surface area contributed by atoms with Gasteiger partial charge in [0.15, 0.2) is 0 Å². The number of ether oxygens (including phenoxy) is 2. The standard InChI is InChI=1S/C46H46N2O4/c47-43-31-33(17-27-41(43)35-13-3-1-4-14-35)11-7-9-29-51-39-23-19-37(20-24-39)45(49)46(50)38-21-25-40(26-22-38)52-30-10-8-12-34-18-28-42(44(48)32-34)36-15-5-2-6-16-36/h1-7,11,13-28,31-32,45-46,49-50H,8-10,12,29-30,47-48H2/b11-7+. The summed E-state index contributed by atoms with van der Waals surface area (Å²) in [6.07, 6.45) is 5.47. The minimum absolute atomic E-state index is 0.505. The third-order valence-corrected chi connectivity index (χ3v) is 9.10. The van der Waals surface area contributed by atoms with Crippen LogP contribution in [0, 0.1) is 0 Å². The summed E-state index contributed by atoms with van der Waals surface area (Å²) in [5, 5.41) is 21.8. The zero-order chi connectivity index (χ0) is 36.1. The third-order valence-electron chi connectivity index (χ3n) is 9.10. The second-order valence-electron chi connectivity index (χ2n) is 12.9. The van der Waals surface area contributed by atoms with E-state index in [4.69, 9.17) is 20.9 Å². The average Bonchev–Trinajstić information content (AvgIpc) is 3.18. The molecule has 2 atom stereocenters. The Morgan fingerprint density at radius 2 is 1.06 bits per heavy atom. The maximum absolute atomic E-state index is 10.9. The maximum Gasteiger partial charge on any atom is 0.119 e. The van der Waals surface area contributed by atoms with E-state index < -0.39 is 12.2 Å². The van der Waals surface area contributed by atoms with Crippen LogP contribution >= 0.6 is 0 Å². The molecular formula is C46H46N2O4. The Kier molecular flexibility index (Phi) is 12.4. The monoisotopic (exact) mass is 690 g/mol. The fraction of sp³-hybridized carbons (Fsp3) is 0.174. The van der Waals surface area contributed by atoms with Gasteiger partial charge in [-0.2, -0.15) is 0 Å². The Morgan fingerprint density at radius 1 is 0.538 bits per heavy atom. The van der Waals surface area contributed by atoms with E-state index in [1.165, 1.54) is 5.56 Å². The van der Waals surface area contributed by atoms with Gasteiger partial charge >= 0.3 is 0 Å². The molecule has 0 aliphatic carbocycles. The van der Waals surface area contributed by atoms with E-state index in [0.717, 1.165) is 70.6 Å². The SMILES string of the molecule is Nc1cc(/C=C/CCOc2ccc(C(O)C(O)c3ccc(OCCCCc4ccc(-c5ccccc5)c(N)c4)cc3)cc2)ccc1-c1ccccc1. The third kappa shape index (κ3) is 9.69. The number of unbranched alkanes of at least 4 members (excludes halogenated alkanes) is 1. The molecule has 0 saturated carbocycles. The largest absolute Gasteiger partial charge is 0.494 e. The van der Waals surface area contributed by atoms with Crippen molar-refractivity contribution in [1.29, 1.82) is 0 Å². The molecule has 0 spiro atoms. The van der Waals surface area contributed by atoms with E-state index in [0.29, 0.717) is 30.1 Å². The van der Waals surface area contributed by atoms with Gasteiger partial charge in [-0.05, 0) is 95.5 Å². The molecule has 0 fully saturated rings. The van der Waals surface area contributed by atoms with Gasteiger partial charge in [-0.25, -0.2) is 0 Å². The molecule has 6 aromatic rings. The van der Waals surface area contributed by atoms with Crippen LogP contribution in [0.4, 0.5) is 11.4 Å². The average molecular weight is 691 g/mol. The molecule has 0 amide bonds. The van der Waals surface area contributed by atoms with E-state index >= 15 is 0 Å². The van der Waals surface area contributed by atoms with E-state index in [1.807, 2.05) is 78.9 Å². The number of hydrogen-bond acceptors (Lipinski definition) is 6. The van der Waals surface area contributed by atoms with Crippen molar-refractivity contribution in [2.45, 2.75) is 37.9 Å². The Bertz CT molecular complexity index is 2030. The maximum atomic E-state index is 10.9. The Balaban J connectivity index is 0.896. The topological polar surface area (TPSA) is 111 Å². The summed E-state index contributed by atoms with van der Waals surface area (Å²) >= 11 is 0. The molecule has 6 rings (SSSR count). The van der Waals surface area contributed by atoms with Crippen LogP contribution in [0.25, 0.3) is 28.3 Å². The molecule has 0 aliphatic heterocycles. The lowest BCUT2D eigenvalue weighted by atomic mass is 9.98. The Hall–Kier alpha value is -5.82. The van der Waals surface area contributed by atoms with Crippen molar-refractivity contribution in [3.63, 3.8) is 0 Å². The highest BCUT2D eigenvalue weighted by molar-refractivity contribution is 5.78. The number of aliphatic hydroxyl groups is 2. The van der Waals surface area contributed by atoms with E-state index in [1.54, 1.807) is 24.3 Å². The van der Waals surface area contributed by atoms with Crippen LogP contribution in [0.15, 0.2) is 152 Å². The highest BCUT2D eigenvalue weighted by Gasteiger charge is 2.20. The number of aliphatic hydroxyl groups excluding tert-OH is 2. The molecule has 0 bridgehead atoms. The van der Waals surface area contributed by atoms with Gasteiger partial charge in [0.05, 0.1) is 13.2 Å². The molecule has 0 saturated heterocycles. The molecule has 0 heterocycles. The molecule has 0 aliphatic rings. The lowest BCUT2D eigenvalue weighted by Gasteiger charge is -2.19. The molecule has 6 aromatic carbocycles. The number of nitrogen functional groups attached to an aromatic ring is 2. The molecule has 52 heavy (non-hydrogen) atoms. The van der Waals surface area contributed by atoms with Gasteiger partial charge in [-0.3, -0.25) is 0 Å². The van der Waals surface area contributed by atoms with Gasteiger partial charge in [0.1, 0.15) is 23.7 Å². The smallest absolute Gasteiger partial charge is 0.119 e. The summed E-state index contributed by atoms with van der Waals surface area (Å²) in [4.78, 5) is 0. The van der Waals surface area contributed by atoms with Crippen molar-refractivity contribution in [2.75, 3.05) is 24.7 Å². The lowest BCUT2D eigenvalue weighted by Crippen LogP contribution is -2.10. The van der Waals surface area contributed by atoms with Crippen molar-refractivity contribution in [1.82, 2.24) is 0 Å². The molecular weight excluding hydrogens is 645 g/mol. The van der Waals surface area contributed by atoms with E-state index in [-0.39, 0.29) is 0 Å². The van der Waals surface area contributed by atoms with Crippen LogP contribution in [0.5, 0.6) is 11.5 Å². The van der Waals surface area contributed by atoms with Crippen LogP contribution in [-0.2, 0) is 6.42 Å². The number of benzene rings is 6. The van der Waals surface area contributed by atoms with Crippen LogP contribution in [-0.4, -0.2) is 23.4 Å². The highest BCUT2D eigenvalue weighted by Crippen LogP contribution is 2.31. The summed E-state index contributed by atoms with van der Waals surface area (Å²) in [5.41, 5.74) is 22.0. The van der Waals surface area contributed by atoms with Crippen LogP contribution < -0.4 is 20.9 Å². The molecule has 0 aromatic heterocycles. The molecule has 264 valence electrons. The van der Waals surface area contributed by atoms with E-state index in [2.05, 4.69) is 54.6 Å².